The summed E-state index contributed by atoms with van der Waals surface area (Å²) in [5.41, 5.74) is 15.5. The Balaban J connectivity index is 1.01. The van der Waals surface area contributed by atoms with Gasteiger partial charge in [-0.2, -0.15) is 0 Å². The number of aromatic nitrogens is 1. The number of para-hydroxylation sites is 2. The second kappa shape index (κ2) is 9.70. The molecule has 0 aliphatic heterocycles. The number of rotatable bonds is 4. The molecule has 0 fully saturated rings. The fraction of sp³-hybridized carbons (Fsp3) is 0.0435. The standard InChI is InChI=1S/C46H30N2/c1-3-11-35(12-4-1)47(36-13-5-2-6-14-36)37-21-19-31-25-39-41(27-33(31)23-37)40-26-32-20-22-38(24-34(32)28-42(39)40)48-43-15-7-9-29-17-18-30-10-8-16-44(48)46(30)45(29)43/h1-9,11-28,30H,10H2. The second-order valence-corrected chi connectivity index (χ2v) is 13.3. The first kappa shape index (κ1) is 26.0. The van der Waals surface area contributed by atoms with Gasteiger partial charge < -0.3 is 9.47 Å². The molecule has 224 valence electrons. The summed E-state index contributed by atoms with van der Waals surface area (Å²) in [6.07, 6.45) is 10.5. The highest BCUT2D eigenvalue weighted by atomic mass is 15.1. The van der Waals surface area contributed by atoms with Gasteiger partial charge in [0.05, 0.1) is 11.2 Å². The summed E-state index contributed by atoms with van der Waals surface area (Å²) >= 11 is 0. The fourth-order valence-electron chi connectivity index (χ4n) is 8.49. The minimum atomic E-state index is 0.464. The fourth-order valence-corrected chi connectivity index (χ4v) is 8.49. The Morgan fingerprint density at radius 1 is 0.521 bits per heavy atom. The minimum absolute atomic E-state index is 0.464. The van der Waals surface area contributed by atoms with Crippen LogP contribution in [0.5, 0.6) is 0 Å². The van der Waals surface area contributed by atoms with E-state index >= 15 is 0 Å². The van der Waals surface area contributed by atoms with Gasteiger partial charge in [-0.05, 0) is 146 Å². The van der Waals surface area contributed by atoms with Gasteiger partial charge >= 0.3 is 0 Å². The van der Waals surface area contributed by atoms with Gasteiger partial charge in [0.1, 0.15) is 0 Å². The zero-order valence-electron chi connectivity index (χ0n) is 26.3. The lowest BCUT2D eigenvalue weighted by Crippen LogP contribution is -2.09. The van der Waals surface area contributed by atoms with Gasteiger partial charge in [-0.1, -0.05) is 78.9 Å². The predicted octanol–water partition coefficient (Wildman–Crippen LogP) is 12.6. The van der Waals surface area contributed by atoms with Crippen molar-refractivity contribution in [1.82, 2.24) is 4.57 Å². The summed E-state index contributed by atoms with van der Waals surface area (Å²) in [6.45, 7) is 0. The molecule has 8 aromatic rings. The summed E-state index contributed by atoms with van der Waals surface area (Å²) in [7, 11) is 0. The third-order valence-electron chi connectivity index (χ3n) is 10.7. The van der Waals surface area contributed by atoms with Gasteiger partial charge in [-0.3, -0.25) is 0 Å². The Hall–Kier alpha value is -6.12. The lowest BCUT2D eigenvalue weighted by Gasteiger charge is -2.28. The van der Waals surface area contributed by atoms with Crippen LogP contribution in [0.2, 0.25) is 0 Å². The molecule has 0 bridgehead atoms. The van der Waals surface area contributed by atoms with Crippen molar-refractivity contribution in [2.45, 2.75) is 12.3 Å². The van der Waals surface area contributed by atoms with Crippen LogP contribution in [0.3, 0.4) is 0 Å². The average Bonchev–Trinajstić information content (AvgIpc) is 3.49. The van der Waals surface area contributed by atoms with Crippen molar-refractivity contribution in [2.24, 2.45) is 0 Å². The number of allylic oxidation sites excluding steroid dienone is 2. The van der Waals surface area contributed by atoms with Gasteiger partial charge in [0.2, 0.25) is 0 Å². The molecule has 7 aromatic carbocycles. The van der Waals surface area contributed by atoms with Gasteiger partial charge in [0.15, 0.2) is 0 Å². The first-order valence-electron chi connectivity index (χ1n) is 16.9. The lowest BCUT2D eigenvalue weighted by atomic mass is 9.78. The summed E-state index contributed by atoms with van der Waals surface area (Å²) in [5.74, 6) is 0.464. The zero-order chi connectivity index (χ0) is 31.3. The topological polar surface area (TPSA) is 8.17 Å². The van der Waals surface area contributed by atoms with E-state index in [0.29, 0.717) is 5.92 Å². The minimum Gasteiger partial charge on any atom is -0.310 e. The van der Waals surface area contributed by atoms with E-state index in [1.807, 2.05) is 0 Å². The maximum Gasteiger partial charge on any atom is 0.0543 e. The third-order valence-corrected chi connectivity index (χ3v) is 10.7. The first-order valence-corrected chi connectivity index (χ1v) is 16.9. The maximum atomic E-state index is 2.48. The Bertz CT molecular complexity index is 2650. The van der Waals surface area contributed by atoms with Crippen molar-refractivity contribution in [1.29, 1.82) is 0 Å². The molecule has 2 nitrogen and oxygen atoms in total. The number of nitrogens with zero attached hydrogens (tertiary/aromatic N) is 2. The molecule has 1 aromatic heterocycles. The molecule has 0 saturated heterocycles. The average molecular weight is 611 g/mol. The molecule has 1 heterocycles. The van der Waals surface area contributed by atoms with E-state index in [2.05, 4.69) is 173 Å². The van der Waals surface area contributed by atoms with Gasteiger partial charge in [-0.25, -0.2) is 0 Å². The highest BCUT2D eigenvalue weighted by Crippen LogP contribution is 2.51. The van der Waals surface area contributed by atoms with E-state index in [0.717, 1.165) is 23.5 Å². The zero-order valence-corrected chi connectivity index (χ0v) is 26.3. The van der Waals surface area contributed by atoms with Crippen molar-refractivity contribution in [2.75, 3.05) is 4.90 Å². The van der Waals surface area contributed by atoms with E-state index in [1.54, 1.807) is 0 Å². The molecule has 0 radical (unpaired) electrons. The monoisotopic (exact) mass is 610 g/mol. The van der Waals surface area contributed by atoms with Crippen LogP contribution in [-0.2, 0) is 0 Å². The number of anilines is 3. The highest BCUT2D eigenvalue weighted by Gasteiger charge is 2.28. The van der Waals surface area contributed by atoms with E-state index in [1.165, 1.54) is 77.2 Å². The molecule has 3 aliphatic carbocycles. The van der Waals surface area contributed by atoms with Crippen molar-refractivity contribution < 1.29 is 0 Å². The van der Waals surface area contributed by atoms with Crippen LogP contribution in [0.25, 0.3) is 72.5 Å². The number of hydrogen-bond donors (Lipinski definition) is 0. The van der Waals surface area contributed by atoms with Gasteiger partial charge in [-0.15, -0.1) is 0 Å². The molecule has 0 spiro atoms. The molecular formula is C46H30N2. The van der Waals surface area contributed by atoms with Crippen molar-refractivity contribution >= 4 is 61.7 Å². The molecule has 0 N–H and O–H groups in total. The van der Waals surface area contributed by atoms with Crippen LogP contribution in [0.15, 0.2) is 152 Å². The first-order chi connectivity index (χ1) is 23.8. The molecule has 0 amide bonds. The molecule has 48 heavy (non-hydrogen) atoms. The number of benzene rings is 7. The quantitative estimate of drug-likeness (QED) is 0.192. The van der Waals surface area contributed by atoms with Crippen LogP contribution in [0.1, 0.15) is 29.2 Å². The van der Waals surface area contributed by atoms with Gasteiger partial charge in [0.25, 0.3) is 0 Å². The Morgan fingerprint density at radius 2 is 1.17 bits per heavy atom. The largest absolute Gasteiger partial charge is 0.310 e. The summed E-state index contributed by atoms with van der Waals surface area (Å²) in [4.78, 5) is 2.33. The third kappa shape index (κ3) is 3.63. The van der Waals surface area contributed by atoms with Gasteiger partial charge in [0, 0.05) is 34.1 Å². The highest BCUT2D eigenvalue weighted by molar-refractivity contribution is 6.12. The molecule has 3 aliphatic rings. The predicted molar refractivity (Wildman–Crippen MR) is 203 cm³/mol. The lowest BCUT2D eigenvalue weighted by molar-refractivity contribution is 0.851. The smallest absolute Gasteiger partial charge is 0.0543 e. The molecule has 1 atom stereocenters. The van der Waals surface area contributed by atoms with Crippen LogP contribution < -0.4 is 4.90 Å². The second-order valence-electron chi connectivity index (χ2n) is 13.3. The molecular weight excluding hydrogens is 581 g/mol. The van der Waals surface area contributed by atoms with Crippen molar-refractivity contribution in [3.05, 3.63) is 168 Å². The Labute approximate surface area is 279 Å². The van der Waals surface area contributed by atoms with Crippen molar-refractivity contribution in [3.63, 3.8) is 0 Å². The van der Waals surface area contributed by atoms with Crippen LogP contribution in [-0.4, -0.2) is 4.57 Å². The normalized spacial score (nSPS) is 15.0. The van der Waals surface area contributed by atoms with E-state index < -0.39 is 0 Å². The van der Waals surface area contributed by atoms with Crippen LogP contribution in [0, 0.1) is 0 Å². The molecule has 2 heteroatoms. The molecule has 0 saturated carbocycles. The van der Waals surface area contributed by atoms with E-state index in [9.17, 15) is 0 Å². The molecule has 11 rings (SSSR count). The maximum absolute atomic E-state index is 2.48. The summed E-state index contributed by atoms with van der Waals surface area (Å²) < 4.78 is 2.48. The molecule has 1 unspecified atom stereocenters. The Kier molecular flexibility index (Phi) is 5.25. The van der Waals surface area contributed by atoms with E-state index in [-0.39, 0.29) is 0 Å². The van der Waals surface area contributed by atoms with Crippen LogP contribution >= 0.6 is 0 Å². The van der Waals surface area contributed by atoms with E-state index in [4.69, 9.17) is 0 Å². The Morgan fingerprint density at radius 3 is 1.88 bits per heavy atom. The van der Waals surface area contributed by atoms with Crippen molar-refractivity contribution in [3.8, 4) is 27.9 Å². The summed E-state index contributed by atoms with van der Waals surface area (Å²) in [6, 6.07) is 51.4. The SMILES string of the molecule is C1=Cc2c3c4c(cccc4n2-c2ccc4cc5c(cc4c2)-c2cc4ccc(N(c6ccccc6)c6ccccc6)cc4cc2-5)C=CC3C1. The van der Waals surface area contributed by atoms with Crippen LogP contribution in [0.4, 0.5) is 17.1 Å². The number of fused-ring (bicyclic) bond motifs is 6. The summed E-state index contributed by atoms with van der Waals surface area (Å²) in [5, 5.41) is 6.50. The number of hydrogen-bond acceptors (Lipinski definition) is 1.